The Hall–Kier alpha value is -1.71. The third-order valence-corrected chi connectivity index (χ3v) is 9.81. The smallest absolute Gasteiger partial charge is 0.192 e. The maximum atomic E-state index is 6.76. The molecule has 0 spiro atoms. The van der Waals surface area contributed by atoms with Crippen molar-refractivity contribution in [3.8, 4) is 0 Å². The predicted octanol–water partition coefficient (Wildman–Crippen LogP) is 6.28. The maximum absolute atomic E-state index is 6.76. The summed E-state index contributed by atoms with van der Waals surface area (Å²) in [6.45, 7) is 14.3. The molecule has 2 aromatic rings. The molecule has 26 heavy (non-hydrogen) atoms. The van der Waals surface area contributed by atoms with Crippen molar-refractivity contribution in [3.63, 3.8) is 0 Å². The first-order valence-electron chi connectivity index (χ1n) is 9.46. The van der Waals surface area contributed by atoms with Gasteiger partial charge in [-0.05, 0) is 36.2 Å². The zero-order chi connectivity index (χ0) is 19.2. The lowest BCUT2D eigenvalue weighted by Gasteiger charge is -2.39. The molecule has 0 aromatic heterocycles. The summed E-state index contributed by atoms with van der Waals surface area (Å²) in [5.41, 5.74) is 3.62. The highest BCUT2D eigenvalue weighted by Crippen LogP contribution is 2.37. The molecule has 0 saturated carbocycles. The second kappa shape index (κ2) is 8.78. The molecule has 0 aliphatic heterocycles. The fourth-order valence-corrected chi connectivity index (χ4v) is 3.86. The van der Waals surface area contributed by atoms with Crippen molar-refractivity contribution in [1.82, 2.24) is 0 Å². The number of hydrogen-bond acceptors (Lipinski definition) is 2. The van der Waals surface area contributed by atoms with E-state index in [1.165, 1.54) is 11.1 Å². The van der Waals surface area contributed by atoms with Gasteiger partial charge in [-0.1, -0.05) is 81.4 Å². The molecule has 3 heteroatoms. The summed E-state index contributed by atoms with van der Waals surface area (Å²) in [5.74, 6) is 0. The number of benzene rings is 2. The Morgan fingerprint density at radius 1 is 0.923 bits per heavy atom. The lowest BCUT2D eigenvalue weighted by Crippen LogP contribution is -2.46. The van der Waals surface area contributed by atoms with E-state index in [2.05, 4.69) is 95.4 Å². The zero-order valence-electron chi connectivity index (χ0n) is 17.1. The fourth-order valence-electron chi connectivity index (χ4n) is 2.54. The quantitative estimate of drug-likeness (QED) is 0.417. The van der Waals surface area contributed by atoms with E-state index < -0.39 is 8.32 Å². The molecule has 0 saturated heterocycles. The summed E-state index contributed by atoms with van der Waals surface area (Å²) in [5, 5.41) is 0.182. The Balaban J connectivity index is 2.21. The molecule has 0 bridgehead atoms. The summed E-state index contributed by atoms with van der Waals surface area (Å²) in [6.07, 6.45) is 0.902. The Labute approximate surface area is 160 Å². The average Bonchev–Trinajstić information content (AvgIpc) is 2.60. The van der Waals surface area contributed by atoms with E-state index in [4.69, 9.17) is 9.42 Å². The highest BCUT2D eigenvalue weighted by atomic mass is 28.4. The van der Waals surface area contributed by atoms with Gasteiger partial charge >= 0.3 is 0 Å². The lowest BCUT2D eigenvalue weighted by atomic mass is 10.1. The Morgan fingerprint density at radius 3 is 1.92 bits per heavy atom. The van der Waals surface area contributed by atoms with E-state index in [-0.39, 0.29) is 11.1 Å². The van der Waals surface area contributed by atoms with Gasteiger partial charge in [-0.2, -0.15) is 0 Å². The van der Waals surface area contributed by atoms with E-state index in [0.717, 1.165) is 12.1 Å². The van der Waals surface area contributed by atoms with E-state index in [0.29, 0.717) is 6.54 Å². The van der Waals surface area contributed by atoms with E-state index in [1.807, 2.05) is 6.07 Å². The number of aliphatic imine (C=N–C) groups is 1. The molecule has 0 unspecified atom stereocenters. The molecule has 0 radical (unpaired) electrons. The van der Waals surface area contributed by atoms with Gasteiger partial charge in [-0.25, -0.2) is 0 Å². The van der Waals surface area contributed by atoms with Gasteiger partial charge in [-0.15, -0.1) is 0 Å². The van der Waals surface area contributed by atoms with Crippen LogP contribution in [0.3, 0.4) is 0 Å². The summed E-state index contributed by atoms with van der Waals surface area (Å²) >= 11 is 0. The minimum absolute atomic E-state index is 0.0296. The van der Waals surface area contributed by atoms with Crippen LogP contribution in [0.4, 0.5) is 0 Å². The molecule has 0 fully saturated rings. The van der Waals surface area contributed by atoms with Crippen LogP contribution in [-0.2, 0) is 17.4 Å². The summed E-state index contributed by atoms with van der Waals surface area (Å²) in [7, 11) is -1.87. The van der Waals surface area contributed by atoms with Gasteiger partial charge in [0.05, 0.1) is 12.6 Å². The molecule has 0 N–H and O–H groups in total. The maximum Gasteiger partial charge on any atom is 0.192 e. The Kier molecular flexibility index (Phi) is 6.96. The van der Waals surface area contributed by atoms with Crippen LogP contribution in [0.5, 0.6) is 0 Å². The van der Waals surface area contributed by atoms with E-state index >= 15 is 0 Å². The second-order valence-corrected chi connectivity index (χ2v) is 13.3. The Bertz CT molecular complexity index is 702. The highest BCUT2D eigenvalue weighted by molar-refractivity contribution is 6.74. The summed E-state index contributed by atoms with van der Waals surface area (Å²) in [6, 6.07) is 21.0. The van der Waals surface area contributed by atoms with E-state index in [9.17, 15) is 0 Å². The lowest BCUT2D eigenvalue weighted by molar-refractivity contribution is 0.240. The SMILES string of the molecule is CC(=NCc1ccccc1)[C@H](Cc1ccccc1)O[Si](C)(C)C(C)(C)C. The number of nitrogens with zero attached hydrogens (tertiary/aromatic N) is 1. The first-order chi connectivity index (χ1) is 12.2. The fraction of sp³-hybridized carbons (Fsp3) is 0.435. The zero-order valence-corrected chi connectivity index (χ0v) is 18.1. The van der Waals surface area contributed by atoms with Crippen LogP contribution >= 0.6 is 0 Å². The van der Waals surface area contributed by atoms with Gasteiger partial charge in [0, 0.05) is 12.1 Å². The van der Waals surface area contributed by atoms with Gasteiger partial charge in [0.25, 0.3) is 0 Å². The standard InChI is InChI=1S/C23H33NOSi/c1-19(24-18-21-15-11-8-12-16-21)22(17-20-13-9-7-10-14-20)25-26(5,6)23(2,3)4/h7-16,22H,17-18H2,1-6H3/t22-/m0/s1. The molecule has 1 atom stereocenters. The summed E-state index contributed by atoms with van der Waals surface area (Å²) in [4.78, 5) is 4.87. The second-order valence-electron chi connectivity index (χ2n) is 8.50. The molecule has 0 heterocycles. The van der Waals surface area contributed by atoms with Crippen LogP contribution in [0.25, 0.3) is 0 Å². The van der Waals surface area contributed by atoms with Crippen molar-refractivity contribution in [2.75, 3.05) is 0 Å². The molecule has 2 rings (SSSR count). The van der Waals surface area contributed by atoms with Crippen LogP contribution in [-0.4, -0.2) is 20.1 Å². The molecule has 140 valence electrons. The van der Waals surface area contributed by atoms with Gasteiger partial charge in [0.2, 0.25) is 0 Å². The monoisotopic (exact) mass is 367 g/mol. The van der Waals surface area contributed by atoms with Crippen molar-refractivity contribution in [2.45, 2.75) is 64.9 Å². The van der Waals surface area contributed by atoms with Crippen molar-refractivity contribution in [1.29, 1.82) is 0 Å². The number of rotatable bonds is 7. The van der Waals surface area contributed by atoms with Crippen molar-refractivity contribution >= 4 is 14.0 Å². The van der Waals surface area contributed by atoms with Crippen LogP contribution in [0.15, 0.2) is 65.7 Å². The minimum Gasteiger partial charge on any atom is -0.408 e. The van der Waals surface area contributed by atoms with Crippen LogP contribution < -0.4 is 0 Å². The van der Waals surface area contributed by atoms with Crippen molar-refractivity contribution in [3.05, 3.63) is 71.8 Å². The number of hydrogen-bond donors (Lipinski definition) is 0. The van der Waals surface area contributed by atoms with Gasteiger partial charge in [0.1, 0.15) is 0 Å². The minimum atomic E-state index is -1.87. The third-order valence-electron chi connectivity index (χ3n) is 5.33. The summed E-state index contributed by atoms with van der Waals surface area (Å²) < 4.78 is 6.76. The predicted molar refractivity (Wildman–Crippen MR) is 115 cm³/mol. The van der Waals surface area contributed by atoms with Crippen LogP contribution in [0.2, 0.25) is 18.1 Å². The topological polar surface area (TPSA) is 21.6 Å². The third kappa shape index (κ3) is 5.92. The Morgan fingerprint density at radius 2 is 1.42 bits per heavy atom. The molecule has 2 aromatic carbocycles. The first-order valence-corrected chi connectivity index (χ1v) is 12.4. The van der Waals surface area contributed by atoms with Gasteiger partial charge in [0.15, 0.2) is 8.32 Å². The normalized spacial score (nSPS) is 14.3. The average molecular weight is 368 g/mol. The van der Waals surface area contributed by atoms with Gasteiger partial charge in [-0.3, -0.25) is 4.99 Å². The molecule has 0 aliphatic carbocycles. The van der Waals surface area contributed by atoms with E-state index in [1.54, 1.807) is 0 Å². The molecular weight excluding hydrogens is 334 g/mol. The highest BCUT2D eigenvalue weighted by Gasteiger charge is 2.39. The van der Waals surface area contributed by atoms with Gasteiger partial charge < -0.3 is 4.43 Å². The van der Waals surface area contributed by atoms with Crippen molar-refractivity contribution < 1.29 is 4.43 Å². The van der Waals surface area contributed by atoms with Crippen molar-refractivity contribution in [2.24, 2.45) is 4.99 Å². The largest absolute Gasteiger partial charge is 0.408 e. The first kappa shape index (κ1) is 20.6. The molecular formula is C23H33NOSi. The van der Waals surface area contributed by atoms with Crippen LogP contribution in [0, 0.1) is 0 Å². The molecule has 0 aliphatic rings. The molecule has 2 nitrogen and oxygen atoms in total. The molecule has 0 amide bonds. The van der Waals surface area contributed by atoms with Crippen LogP contribution in [0.1, 0.15) is 38.8 Å².